The lowest BCUT2D eigenvalue weighted by molar-refractivity contribution is -0.143. The van der Waals surface area contributed by atoms with Crippen LogP contribution in [0.4, 0.5) is 5.69 Å². The summed E-state index contributed by atoms with van der Waals surface area (Å²) in [5.74, 6) is 1.09. The van der Waals surface area contributed by atoms with Gasteiger partial charge in [0.1, 0.15) is 0 Å². The van der Waals surface area contributed by atoms with Gasteiger partial charge in [-0.2, -0.15) is 0 Å². The molecule has 3 aliphatic rings. The van der Waals surface area contributed by atoms with E-state index in [1.54, 1.807) is 11.8 Å². The molecule has 5 heteroatoms. The molecule has 1 atom stereocenters. The van der Waals surface area contributed by atoms with E-state index >= 15 is 0 Å². The largest absolute Gasteiger partial charge is 0.315 e. The zero-order valence-electron chi connectivity index (χ0n) is 17.7. The predicted molar refractivity (Wildman–Crippen MR) is 121 cm³/mol. The first-order chi connectivity index (χ1) is 14.5. The fraction of sp³-hybridized carbons (Fsp3) is 0.440. The molecule has 1 saturated carbocycles. The molecule has 0 radical (unpaired) electrons. The first-order valence-electron chi connectivity index (χ1n) is 10.9. The zero-order chi connectivity index (χ0) is 20.9. The molecule has 2 fully saturated rings. The number of rotatable bonds is 3. The maximum atomic E-state index is 14.0. The minimum atomic E-state index is -0.897. The molecule has 1 spiro atoms. The van der Waals surface area contributed by atoms with Crippen LogP contribution in [0.1, 0.15) is 47.9 Å². The number of amides is 2. The van der Waals surface area contributed by atoms with Gasteiger partial charge in [0.05, 0.1) is 12.2 Å². The van der Waals surface area contributed by atoms with E-state index < -0.39 is 4.87 Å². The lowest BCUT2D eigenvalue weighted by Crippen LogP contribution is -2.51. The van der Waals surface area contributed by atoms with Crippen molar-refractivity contribution in [1.29, 1.82) is 0 Å². The third-order valence-corrected chi connectivity index (χ3v) is 8.20. The molecule has 2 amide bonds. The highest BCUT2D eigenvalue weighted by Crippen LogP contribution is 2.55. The molecule has 0 aromatic heterocycles. The van der Waals surface area contributed by atoms with E-state index in [2.05, 4.69) is 56.3 Å². The summed E-state index contributed by atoms with van der Waals surface area (Å²) in [5.41, 5.74) is 5.38. The Balaban J connectivity index is 1.56. The van der Waals surface area contributed by atoms with Crippen molar-refractivity contribution < 1.29 is 9.59 Å². The molecule has 0 bridgehead atoms. The lowest BCUT2D eigenvalue weighted by Gasteiger charge is -2.35. The Morgan fingerprint density at radius 1 is 1.07 bits per heavy atom. The van der Waals surface area contributed by atoms with Crippen LogP contribution in [-0.2, 0) is 21.0 Å². The quantitative estimate of drug-likeness (QED) is 0.718. The van der Waals surface area contributed by atoms with Gasteiger partial charge < -0.3 is 9.80 Å². The van der Waals surface area contributed by atoms with Gasteiger partial charge in [-0.05, 0) is 38.3 Å². The normalized spacial score (nSPS) is 23.6. The van der Waals surface area contributed by atoms with Crippen LogP contribution in [0.3, 0.4) is 0 Å². The highest BCUT2D eigenvalue weighted by molar-refractivity contribution is 8.01. The Hall–Kier alpha value is -2.27. The van der Waals surface area contributed by atoms with Crippen LogP contribution >= 0.6 is 11.8 Å². The van der Waals surface area contributed by atoms with Crippen molar-refractivity contribution in [2.45, 2.75) is 50.9 Å². The van der Waals surface area contributed by atoms with E-state index in [0.717, 1.165) is 53.8 Å². The number of benzene rings is 2. The predicted octanol–water partition coefficient (Wildman–Crippen LogP) is 4.77. The smallest absolute Gasteiger partial charge is 0.268 e. The summed E-state index contributed by atoms with van der Waals surface area (Å²) < 4.78 is 0. The SMILES string of the molecule is Cc1ccc(CN2C(=O)C3(SCCN3C(=O)C3CCCC3)c3cc(C)ccc32)cc1. The zero-order valence-corrected chi connectivity index (χ0v) is 18.5. The number of fused-ring (bicyclic) bond motifs is 2. The Morgan fingerprint density at radius 3 is 2.50 bits per heavy atom. The number of nitrogens with zero attached hydrogens (tertiary/aromatic N) is 2. The standard InChI is InChI=1S/C25H28N2O2S/c1-17-7-10-19(11-8-17)16-26-22-12-9-18(2)15-21(22)25(24(26)29)27(13-14-30-25)23(28)20-5-3-4-6-20/h7-12,15,20H,3-6,13-14,16H2,1-2H3. The average molecular weight is 421 g/mol. The number of hydrogen-bond acceptors (Lipinski definition) is 3. The van der Waals surface area contributed by atoms with E-state index in [9.17, 15) is 9.59 Å². The maximum absolute atomic E-state index is 14.0. The van der Waals surface area contributed by atoms with Gasteiger partial charge in [0.25, 0.3) is 5.91 Å². The van der Waals surface area contributed by atoms with E-state index in [0.29, 0.717) is 13.1 Å². The molecular formula is C25H28N2O2S. The van der Waals surface area contributed by atoms with Gasteiger partial charge in [-0.15, -0.1) is 11.8 Å². The Morgan fingerprint density at radius 2 is 1.77 bits per heavy atom. The van der Waals surface area contributed by atoms with Crippen molar-refractivity contribution in [2.75, 3.05) is 17.2 Å². The summed E-state index contributed by atoms with van der Waals surface area (Å²) in [6.07, 6.45) is 4.15. The molecule has 156 valence electrons. The van der Waals surface area contributed by atoms with Crippen molar-refractivity contribution in [2.24, 2.45) is 5.92 Å². The van der Waals surface area contributed by atoms with Crippen molar-refractivity contribution in [1.82, 2.24) is 4.90 Å². The average Bonchev–Trinajstić information content (AvgIpc) is 3.47. The van der Waals surface area contributed by atoms with E-state index in [-0.39, 0.29) is 17.7 Å². The van der Waals surface area contributed by atoms with Crippen LogP contribution in [0.2, 0.25) is 0 Å². The first-order valence-corrected chi connectivity index (χ1v) is 11.9. The minimum Gasteiger partial charge on any atom is -0.315 e. The number of anilines is 1. The van der Waals surface area contributed by atoms with Crippen LogP contribution < -0.4 is 4.90 Å². The summed E-state index contributed by atoms with van der Waals surface area (Å²) in [5, 5.41) is 0. The summed E-state index contributed by atoms with van der Waals surface area (Å²) in [6, 6.07) is 14.6. The van der Waals surface area contributed by atoms with E-state index in [1.165, 1.54) is 5.56 Å². The molecule has 4 nitrogen and oxygen atoms in total. The highest BCUT2D eigenvalue weighted by Gasteiger charge is 2.59. The second kappa shape index (κ2) is 7.45. The molecule has 2 aromatic rings. The van der Waals surface area contributed by atoms with Crippen LogP contribution in [0.15, 0.2) is 42.5 Å². The van der Waals surface area contributed by atoms with Crippen molar-refractivity contribution >= 4 is 29.3 Å². The summed E-state index contributed by atoms with van der Waals surface area (Å²) in [4.78, 5) is 30.4. The number of aryl methyl sites for hydroxylation is 2. The lowest BCUT2D eigenvalue weighted by atomic mass is 10.00. The van der Waals surface area contributed by atoms with Gasteiger partial charge in [0.15, 0.2) is 4.87 Å². The molecule has 1 aliphatic carbocycles. The summed E-state index contributed by atoms with van der Waals surface area (Å²) in [6.45, 7) is 5.31. The maximum Gasteiger partial charge on any atom is 0.268 e. The van der Waals surface area contributed by atoms with E-state index in [4.69, 9.17) is 0 Å². The van der Waals surface area contributed by atoms with Gasteiger partial charge in [0, 0.05) is 23.8 Å². The third kappa shape index (κ3) is 2.97. The van der Waals surface area contributed by atoms with Crippen LogP contribution in [0, 0.1) is 19.8 Å². The Labute approximate surface area is 182 Å². The van der Waals surface area contributed by atoms with Crippen LogP contribution in [-0.4, -0.2) is 29.0 Å². The second-order valence-electron chi connectivity index (χ2n) is 8.86. The fourth-order valence-corrected chi connectivity index (χ4v) is 6.64. The van der Waals surface area contributed by atoms with Gasteiger partial charge in [-0.1, -0.05) is 60.4 Å². The van der Waals surface area contributed by atoms with Gasteiger partial charge in [0.2, 0.25) is 5.91 Å². The molecule has 1 unspecified atom stereocenters. The summed E-state index contributed by atoms with van der Waals surface area (Å²) in [7, 11) is 0. The summed E-state index contributed by atoms with van der Waals surface area (Å²) >= 11 is 1.64. The van der Waals surface area contributed by atoms with Crippen molar-refractivity contribution in [3.8, 4) is 0 Å². The van der Waals surface area contributed by atoms with Gasteiger partial charge in [-0.3, -0.25) is 9.59 Å². The third-order valence-electron chi connectivity index (χ3n) is 6.78. The molecular weight excluding hydrogens is 392 g/mol. The molecule has 5 rings (SSSR count). The Bertz CT molecular complexity index is 997. The number of hydrogen-bond donors (Lipinski definition) is 0. The van der Waals surface area contributed by atoms with Crippen LogP contribution in [0.5, 0.6) is 0 Å². The molecule has 2 aliphatic heterocycles. The molecule has 2 aromatic carbocycles. The van der Waals surface area contributed by atoms with Crippen LogP contribution in [0.25, 0.3) is 0 Å². The molecule has 2 heterocycles. The van der Waals surface area contributed by atoms with Crippen molar-refractivity contribution in [3.05, 3.63) is 64.7 Å². The Kier molecular flexibility index (Phi) is 4.89. The van der Waals surface area contributed by atoms with Gasteiger partial charge >= 0.3 is 0 Å². The minimum absolute atomic E-state index is 0.0394. The number of thioether (sulfide) groups is 1. The van der Waals surface area contributed by atoms with E-state index in [1.807, 2.05) is 9.80 Å². The monoisotopic (exact) mass is 420 g/mol. The number of carbonyl (C=O) groups excluding carboxylic acids is 2. The second-order valence-corrected chi connectivity index (χ2v) is 10.1. The first kappa shape index (κ1) is 19.7. The van der Waals surface area contributed by atoms with Gasteiger partial charge in [-0.25, -0.2) is 0 Å². The van der Waals surface area contributed by atoms with Crippen molar-refractivity contribution in [3.63, 3.8) is 0 Å². The fourth-order valence-electron chi connectivity index (χ4n) is 5.18. The molecule has 30 heavy (non-hydrogen) atoms. The molecule has 0 N–H and O–H groups in total. The topological polar surface area (TPSA) is 40.6 Å². The number of carbonyl (C=O) groups is 2. The molecule has 1 saturated heterocycles. The highest BCUT2D eigenvalue weighted by atomic mass is 32.2.